The van der Waals surface area contributed by atoms with Crippen LogP contribution in [0.25, 0.3) is 10.8 Å². The standard InChI is InChI=1S/C24H27N3O3/c1-16(2)14-22(28)25-18-10-12-27(13-11-18)15-21-24(29)30-23(26-21)20-9-5-7-17-6-3-4-8-19(17)20/h3-9,15-16,18H,10-14H2,1-2H3,(H,25,28). The van der Waals surface area contributed by atoms with Crippen molar-refractivity contribution in [3.05, 3.63) is 59.9 Å². The molecule has 156 valence electrons. The molecule has 2 aliphatic rings. The van der Waals surface area contributed by atoms with Crippen LogP contribution >= 0.6 is 0 Å². The van der Waals surface area contributed by atoms with E-state index in [0.29, 0.717) is 23.9 Å². The number of likely N-dealkylation sites (tertiary alicyclic amines) is 1. The summed E-state index contributed by atoms with van der Waals surface area (Å²) < 4.78 is 5.48. The molecule has 1 fully saturated rings. The summed E-state index contributed by atoms with van der Waals surface area (Å²) in [4.78, 5) is 30.9. The summed E-state index contributed by atoms with van der Waals surface area (Å²) in [5, 5.41) is 5.20. The number of nitrogens with one attached hydrogen (secondary N) is 1. The highest BCUT2D eigenvalue weighted by Gasteiger charge is 2.27. The Kier molecular flexibility index (Phi) is 5.84. The number of piperidine rings is 1. The van der Waals surface area contributed by atoms with Gasteiger partial charge in [0.1, 0.15) is 0 Å². The van der Waals surface area contributed by atoms with Crippen LogP contribution in [0.1, 0.15) is 38.7 Å². The summed E-state index contributed by atoms with van der Waals surface area (Å²) in [6.45, 7) is 5.62. The van der Waals surface area contributed by atoms with Gasteiger partial charge in [-0.05, 0) is 35.6 Å². The summed E-state index contributed by atoms with van der Waals surface area (Å²) in [5.41, 5.74) is 1.14. The molecule has 2 aromatic rings. The van der Waals surface area contributed by atoms with Crippen molar-refractivity contribution in [3.8, 4) is 0 Å². The number of amides is 1. The average molecular weight is 405 g/mol. The minimum absolute atomic E-state index is 0.116. The number of esters is 1. The minimum atomic E-state index is -0.426. The molecule has 0 aromatic heterocycles. The van der Waals surface area contributed by atoms with Gasteiger partial charge in [-0.15, -0.1) is 0 Å². The second-order valence-corrected chi connectivity index (χ2v) is 8.32. The van der Waals surface area contributed by atoms with E-state index >= 15 is 0 Å². The van der Waals surface area contributed by atoms with Crippen LogP contribution in [0.5, 0.6) is 0 Å². The van der Waals surface area contributed by atoms with E-state index in [9.17, 15) is 9.59 Å². The van der Waals surface area contributed by atoms with Gasteiger partial charge >= 0.3 is 5.97 Å². The number of nitrogens with zero attached hydrogens (tertiary/aromatic N) is 2. The topological polar surface area (TPSA) is 71.0 Å². The Morgan fingerprint density at radius 1 is 1.20 bits per heavy atom. The number of fused-ring (bicyclic) bond motifs is 1. The van der Waals surface area contributed by atoms with Gasteiger partial charge in [0.15, 0.2) is 5.70 Å². The van der Waals surface area contributed by atoms with Crippen LogP contribution in [-0.2, 0) is 14.3 Å². The molecular formula is C24H27N3O3. The monoisotopic (exact) mass is 405 g/mol. The summed E-state index contributed by atoms with van der Waals surface area (Å²) in [6, 6.07) is 14.0. The Bertz CT molecular complexity index is 1010. The fourth-order valence-corrected chi connectivity index (χ4v) is 3.93. The van der Waals surface area contributed by atoms with Crippen molar-refractivity contribution in [1.29, 1.82) is 0 Å². The summed E-state index contributed by atoms with van der Waals surface area (Å²) in [6.07, 6.45) is 4.04. The first-order chi connectivity index (χ1) is 14.5. The van der Waals surface area contributed by atoms with Crippen LogP contribution in [0.15, 0.2) is 59.4 Å². The predicted molar refractivity (Wildman–Crippen MR) is 117 cm³/mol. The molecule has 1 saturated heterocycles. The van der Waals surface area contributed by atoms with Crippen molar-refractivity contribution in [3.63, 3.8) is 0 Å². The smallest absolute Gasteiger partial charge is 0.365 e. The van der Waals surface area contributed by atoms with Gasteiger partial charge in [-0.2, -0.15) is 0 Å². The number of hydrogen-bond donors (Lipinski definition) is 1. The van der Waals surface area contributed by atoms with Crippen LogP contribution in [0.2, 0.25) is 0 Å². The first kappa shape index (κ1) is 20.1. The summed E-state index contributed by atoms with van der Waals surface area (Å²) in [7, 11) is 0. The van der Waals surface area contributed by atoms with E-state index < -0.39 is 5.97 Å². The molecule has 6 heteroatoms. The molecule has 0 saturated carbocycles. The number of carbonyl (C=O) groups is 2. The molecule has 0 unspecified atom stereocenters. The van der Waals surface area contributed by atoms with Gasteiger partial charge in [-0.25, -0.2) is 9.79 Å². The van der Waals surface area contributed by atoms with Crippen LogP contribution < -0.4 is 5.32 Å². The van der Waals surface area contributed by atoms with Gasteiger partial charge < -0.3 is 15.0 Å². The Labute approximate surface area is 176 Å². The number of carbonyl (C=O) groups excluding carboxylic acids is 2. The lowest BCUT2D eigenvalue weighted by Gasteiger charge is -2.31. The lowest BCUT2D eigenvalue weighted by Crippen LogP contribution is -2.43. The van der Waals surface area contributed by atoms with Gasteiger partial charge in [0.25, 0.3) is 0 Å². The quantitative estimate of drug-likeness (QED) is 0.609. The van der Waals surface area contributed by atoms with Crippen molar-refractivity contribution in [2.24, 2.45) is 10.9 Å². The fourth-order valence-electron chi connectivity index (χ4n) is 3.93. The second kappa shape index (κ2) is 8.69. The number of aliphatic imine (C=N–C) groups is 1. The molecule has 0 atom stereocenters. The predicted octanol–water partition coefficient (Wildman–Crippen LogP) is 3.61. The van der Waals surface area contributed by atoms with Gasteiger partial charge in [0.05, 0.1) is 0 Å². The Balaban J connectivity index is 1.43. The Morgan fingerprint density at radius 3 is 2.70 bits per heavy atom. The van der Waals surface area contributed by atoms with Gasteiger partial charge in [0.2, 0.25) is 11.8 Å². The number of rotatable bonds is 5. The normalized spacial score (nSPS) is 18.8. The molecule has 2 aromatic carbocycles. The van der Waals surface area contributed by atoms with E-state index in [-0.39, 0.29) is 11.9 Å². The zero-order valence-electron chi connectivity index (χ0n) is 17.4. The van der Waals surface area contributed by atoms with E-state index in [1.54, 1.807) is 6.20 Å². The number of hydrogen-bond acceptors (Lipinski definition) is 5. The van der Waals surface area contributed by atoms with Crippen LogP contribution in [0, 0.1) is 5.92 Å². The number of benzene rings is 2. The molecule has 0 spiro atoms. The van der Waals surface area contributed by atoms with Gasteiger partial charge in [0, 0.05) is 37.3 Å². The molecule has 6 nitrogen and oxygen atoms in total. The molecule has 0 aliphatic carbocycles. The largest absolute Gasteiger partial charge is 0.402 e. The van der Waals surface area contributed by atoms with E-state index in [2.05, 4.69) is 15.2 Å². The maximum Gasteiger partial charge on any atom is 0.365 e. The molecule has 30 heavy (non-hydrogen) atoms. The van der Waals surface area contributed by atoms with Crippen LogP contribution in [0.3, 0.4) is 0 Å². The van der Waals surface area contributed by atoms with Gasteiger partial charge in [-0.3, -0.25) is 4.79 Å². The van der Waals surface area contributed by atoms with Gasteiger partial charge in [-0.1, -0.05) is 50.2 Å². The van der Waals surface area contributed by atoms with E-state index in [4.69, 9.17) is 4.74 Å². The highest BCUT2D eigenvalue weighted by Crippen LogP contribution is 2.24. The van der Waals surface area contributed by atoms with E-state index in [1.807, 2.05) is 56.3 Å². The first-order valence-electron chi connectivity index (χ1n) is 10.5. The third-order valence-corrected chi connectivity index (χ3v) is 5.43. The zero-order chi connectivity index (χ0) is 21.1. The lowest BCUT2D eigenvalue weighted by atomic mass is 10.0. The Hall–Kier alpha value is -3.15. The molecule has 2 aliphatic heterocycles. The average Bonchev–Trinajstić information content (AvgIpc) is 3.08. The number of ether oxygens (including phenoxy) is 1. The third-order valence-electron chi connectivity index (χ3n) is 5.43. The number of cyclic esters (lactones) is 1. The molecule has 1 N–H and O–H groups in total. The molecular weight excluding hydrogens is 378 g/mol. The maximum atomic E-state index is 12.4. The third kappa shape index (κ3) is 4.53. The molecule has 0 bridgehead atoms. The van der Waals surface area contributed by atoms with E-state index in [1.165, 1.54) is 0 Å². The SMILES string of the molecule is CC(C)CC(=O)NC1CCN(C=C2N=C(c3cccc4ccccc34)OC2=O)CC1. The maximum absolute atomic E-state index is 12.4. The van der Waals surface area contributed by atoms with Crippen molar-refractivity contribution in [1.82, 2.24) is 10.2 Å². The van der Waals surface area contributed by atoms with Crippen molar-refractivity contribution >= 4 is 28.5 Å². The highest BCUT2D eigenvalue weighted by atomic mass is 16.6. The van der Waals surface area contributed by atoms with Crippen LogP contribution in [0.4, 0.5) is 0 Å². The first-order valence-corrected chi connectivity index (χ1v) is 10.5. The summed E-state index contributed by atoms with van der Waals surface area (Å²) in [5.74, 6) is 0.395. The van der Waals surface area contributed by atoms with Crippen molar-refractivity contribution in [2.75, 3.05) is 13.1 Å². The van der Waals surface area contributed by atoms with Crippen molar-refractivity contribution in [2.45, 2.75) is 39.2 Å². The molecule has 4 rings (SSSR count). The lowest BCUT2D eigenvalue weighted by molar-refractivity contribution is -0.130. The molecule has 2 heterocycles. The minimum Gasteiger partial charge on any atom is -0.402 e. The van der Waals surface area contributed by atoms with Crippen LogP contribution in [-0.4, -0.2) is 41.8 Å². The summed E-state index contributed by atoms with van der Waals surface area (Å²) >= 11 is 0. The Morgan fingerprint density at radius 2 is 1.93 bits per heavy atom. The second-order valence-electron chi connectivity index (χ2n) is 8.32. The highest BCUT2D eigenvalue weighted by molar-refractivity contribution is 6.16. The zero-order valence-corrected chi connectivity index (χ0v) is 17.4. The molecule has 1 amide bonds. The fraction of sp³-hybridized carbons (Fsp3) is 0.375. The van der Waals surface area contributed by atoms with Crippen molar-refractivity contribution < 1.29 is 14.3 Å². The molecule has 0 radical (unpaired) electrons. The van der Waals surface area contributed by atoms with E-state index in [0.717, 1.165) is 42.3 Å².